The fraction of sp³-hybridized carbons (Fsp3) is 0.600. The molecule has 2 N–H and O–H groups in total. The van der Waals surface area contributed by atoms with Crippen LogP contribution in [0, 0.1) is 11.7 Å². The van der Waals surface area contributed by atoms with Gasteiger partial charge in [0.1, 0.15) is 5.82 Å². The van der Waals surface area contributed by atoms with Crippen molar-refractivity contribution in [2.75, 3.05) is 24.5 Å². The number of nitrogens with zero attached hydrogens (tertiary/aromatic N) is 1. The summed E-state index contributed by atoms with van der Waals surface area (Å²) in [7, 11) is 0. The van der Waals surface area contributed by atoms with E-state index in [-0.39, 0.29) is 5.82 Å². The van der Waals surface area contributed by atoms with Crippen LogP contribution in [0.1, 0.15) is 31.7 Å². The van der Waals surface area contributed by atoms with Crippen molar-refractivity contribution in [1.29, 1.82) is 0 Å². The maximum atomic E-state index is 13.9. The molecule has 0 amide bonds. The average molecular weight is 250 g/mol. The lowest BCUT2D eigenvalue weighted by molar-refractivity contribution is 0.318. The van der Waals surface area contributed by atoms with Crippen LogP contribution in [-0.2, 0) is 6.42 Å². The first-order valence-corrected chi connectivity index (χ1v) is 6.98. The van der Waals surface area contributed by atoms with Crippen LogP contribution in [0.4, 0.5) is 10.1 Å². The lowest BCUT2D eigenvalue weighted by Gasteiger charge is -2.34. The summed E-state index contributed by atoms with van der Waals surface area (Å²) in [6.07, 6.45) is 4.60. The molecular weight excluding hydrogens is 227 g/mol. The second-order valence-electron chi connectivity index (χ2n) is 5.11. The number of nitrogens with two attached hydrogens (primary N) is 1. The fourth-order valence-electron chi connectivity index (χ4n) is 2.62. The van der Waals surface area contributed by atoms with Gasteiger partial charge in [-0.05, 0) is 50.8 Å². The van der Waals surface area contributed by atoms with Gasteiger partial charge in [0.25, 0.3) is 0 Å². The molecule has 1 fully saturated rings. The summed E-state index contributed by atoms with van der Waals surface area (Å²) in [4.78, 5) is 2.30. The maximum Gasteiger partial charge on any atom is 0.128 e. The zero-order chi connectivity index (χ0) is 13.0. The second kappa shape index (κ2) is 6.19. The molecule has 0 aliphatic heterocycles. The van der Waals surface area contributed by atoms with E-state index in [1.807, 2.05) is 6.07 Å². The van der Waals surface area contributed by atoms with E-state index in [4.69, 9.17) is 5.73 Å². The van der Waals surface area contributed by atoms with Gasteiger partial charge in [-0.2, -0.15) is 0 Å². The highest BCUT2D eigenvalue weighted by Gasteiger charge is 2.22. The predicted octanol–water partition coefficient (Wildman–Crippen LogP) is 2.95. The van der Waals surface area contributed by atoms with E-state index < -0.39 is 0 Å². The molecule has 0 bridgehead atoms. The Morgan fingerprint density at radius 2 is 2.17 bits per heavy atom. The van der Waals surface area contributed by atoms with Gasteiger partial charge in [-0.25, -0.2) is 4.39 Å². The van der Waals surface area contributed by atoms with Gasteiger partial charge in [0.05, 0.1) is 0 Å². The van der Waals surface area contributed by atoms with Crippen LogP contribution < -0.4 is 10.6 Å². The monoisotopic (exact) mass is 250 g/mol. The molecule has 0 unspecified atom stereocenters. The smallest absolute Gasteiger partial charge is 0.128 e. The number of rotatable bonds is 6. The van der Waals surface area contributed by atoms with Crippen molar-refractivity contribution in [1.82, 2.24) is 0 Å². The SMILES string of the molecule is CCN(CC1CCC1)c1cccc(F)c1CCN. The van der Waals surface area contributed by atoms with Crippen molar-refractivity contribution >= 4 is 5.69 Å². The first kappa shape index (κ1) is 13.3. The number of hydrogen-bond acceptors (Lipinski definition) is 2. The molecule has 0 heterocycles. The molecule has 2 rings (SSSR count). The highest BCUT2D eigenvalue weighted by molar-refractivity contribution is 5.54. The molecule has 0 spiro atoms. The second-order valence-corrected chi connectivity index (χ2v) is 5.11. The minimum atomic E-state index is -0.120. The Labute approximate surface area is 109 Å². The third-order valence-electron chi connectivity index (χ3n) is 3.91. The molecule has 0 saturated heterocycles. The zero-order valence-corrected chi connectivity index (χ0v) is 11.2. The van der Waals surface area contributed by atoms with Crippen LogP contribution in [0.5, 0.6) is 0 Å². The van der Waals surface area contributed by atoms with Crippen LogP contribution in [0.15, 0.2) is 18.2 Å². The van der Waals surface area contributed by atoms with Gasteiger partial charge >= 0.3 is 0 Å². The maximum absolute atomic E-state index is 13.9. The summed E-state index contributed by atoms with van der Waals surface area (Å²) < 4.78 is 13.9. The molecule has 3 heteroatoms. The van der Waals surface area contributed by atoms with Gasteiger partial charge < -0.3 is 10.6 Å². The molecule has 1 aromatic carbocycles. The highest BCUT2D eigenvalue weighted by Crippen LogP contribution is 2.30. The molecule has 1 aliphatic rings. The number of anilines is 1. The van der Waals surface area contributed by atoms with Crippen molar-refractivity contribution in [3.8, 4) is 0 Å². The lowest BCUT2D eigenvalue weighted by Crippen LogP contribution is -2.33. The van der Waals surface area contributed by atoms with E-state index in [2.05, 4.69) is 11.8 Å². The Bertz CT molecular complexity index is 388. The third-order valence-corrected chi connectivity index (χ3v) is 3.91. The first-order chi connectivity index (χ1) is 8.76. The van der Waals surface area contributed by atoms with Crippen LogP contribution >= 0.6 is 0 Å². The van der Waals surface area contributed by atoms with Gasteiger partial charge in [0, 0.05) is 24.3 Å². The summed E-state index contributed by atoms with van der Waals surface area (Å²) in [5.74, 6) is 0.670. The number of halogens is 1. The summed E-state index contributed by atoms with van der Waals surface area (Å²) in [6, 6.07) is 5.36. The Kier molecular flexibility index (Phi) is 4.59. The van der Waals surface area contributed by atoms with E-state index in [9.17, 15) is 4.39 Å². The van der Waals surface area contributed by atoms with Gasteiger partial charge in [-0.1, -0.05) is 12.5 Å². The van der Waals surface area contributed by atoms with E-state index >= 15 is 0 Å². The van der Waals surface area contributed by atoms with Crippen molar-refractivity contribution in [2.45, 2.75) is 32.6 Å². The molecule has 100 valence electrons. The molecule has 2 nitrogen and oxygen atoms in total. The van der Waals surface area contributed by atoms with Crippen molar-refractivity contribution < 1.29 is 4.39 Å². The molecular formula is C15H23FN2. The van der Waals surface area contributed by atoms with E-state index in [0.717, 1.165) is 30.3 Å². The average Bonchev–Trinajstić information content (AvgIpc) is 2.31. The topological polar surface area (TPSA) is 29.3 Å². The normalized spacial score (nSPS) is 15.5. The van der Waals surface area contributed by atoms with Gasteiger partial charge in [0.2, 0.25) is 0 Å². The molecule has 0 radical (unpaired) electrons. The van der Waals surface area contributed by atoms with Crippen molar-refractivity contribution in [3.05, 3.63) is 29.6 Å². The zero-order valence-electron chi connectivity index (χ0n) is 11.2. The molecule has 1 aliphatic carbocycles. The Balaban J connectivity index is 2.19. The van der Waals surface area contributed by atoms with E-state index in [1.54, 1.807) is 6.07 Å². The van der Waals surface area contributed by atoms with Crippen LogP contribution in [0.2, 0.25) is 0 Å². The molecule has 1 saturated carbocycles. The Morgan fingerprint density at radius 3 is 2.72 bits per heavy atom. The summed E-state index contributed by atoms with van der Waals surface area (Å²) in [6.45, 7) is 4.61. The third kappa shape index (κ3) is 2.83. The molecule has 0 aromatic heterocycles. The minimum absolute atomic E-state index is 0.120. The minimum Gasteiger partial charge on any atom is -0.371 e. The van der Waals surface area contributed by atoms with Crippen LogP contribution in [-0.4, -0.2) is 19.6 Å². The quantitative estimate of drug-likeness (QED) is 0.841. The fourth-order valence-corrected chi connectivity index (χ4v) is 2.62. The standard InChI is InChI=1S/C15H23FN2/c1-2-18(11-12-5-3-6-12)15-8-4-7-14(16)13(15)9-10-17/h4,7-8,12H,2-3,5-6,9-11,17H2,1H3. The first-order valence-electron chi connectivity index (χ1n) is 6.98. The van der Waals surface area contributed by atoms with Gasteiger partial charge in [-0.15, -0.1) is 0 Å². The van der Waals surface area contributed by atoms with Gasteiger partial charge in [0.15, 0.2) is 0 Å². The molecule has 18 heavy (non-hydrogen) atoms. The van der Waals surface area contributed by atoms with Crippen LogP contribution in [0.25, 0.3) is 0 Å². The largest absolute Gasteiger partial charge is 0.371 e. The summed E-state index contributed by atoms with van der Waals surface area (Å²) in [5, 5.41) is 0. The number of benzene rings is 1. The lowest BCUT2D eigenvalue weighted by atomic mass is 9.85. The Hall–Kier alpha value is -1.09. The number of hydrogen-bond donors (Lipinski definition) is 1. The molecule has 1 aromatic rings. The van der Waals surface area contributed by atoms with Crippen molar-refractivity contribution in [2.24, 2.45) is 11.7 Å². The van der Waals surface area contributed by atoms with E-state index in [1.165, 1.54) is 25.3 Å². The predicted molar refractivity (Wildman–Crippen MR) is 74.4 cm³/mol. The van der Waals surface area contributed by atoms with Crippen molar-refractivity contribution in [3.63, 3.8) is 0 Å². The van der Waals surface area contributed by atoms with Crippen LogP contribution in [0.3, 0.4) is 0 Å². The molecule has 0 atom stereocenters. The summed E-state index contributed by atoms with van der Waals surface area (Å²) >= 11 is 0. The van der Waals surface area contributed by atoms with E-state index in [0.29, 0.717) is 13.0 Å². The highest BCUT2D eigenvalue weighted by atomic mass is 19.1. The van der Waals surface area contributed by atoms with Gasteiger partial charge in [-0.3, -0.25) is 0 Å². The summed E-state index contributed by atoms with van der Waals surface area (Å²) in [5.41, 5.74) is 7.41. The Morgan fingerprint density at radius 1 is 1.39 bits per heavy atom.